The van der Waals surface area contributed by atoms with E-state index in [1.165, 1.54) is 24.3 Å². The van der Waals surface area contributed by atoms with Crippen LogP contribution in [0.1, 0.15) is 29.9 Å². The summed E-state index contributed by atoms with van der Waals surface area (Å²) in [6.45, 7) is -0.286. The van der Waals surface area contributed by atoms with Crippen LogP contribution in [0.3, 0.4) is 0 Å². The molecule has 0 fully saturated rings. The van der Waals surface area contributed by atoms with Crippen LogP contribution >= 0.6 is 0 Å². The number of hydrogen-bond acceptors (Lipinski definition) is 10. The van der Waals surface area contributed by atoms with Gasteiger partial charge in [0.05, 0.1) is 38.1 Å². The predicted octanol–water partition coefficient (Wildman–Crippen LogP) is 1.58. The number of non-ortho nitro benzene ring substituents is 1. The number of nitrogens with zero attached hydrogens (tertiary/aromatic N) is 1. The lowest BCUT2D eigenvalue weighted by Gasteiger charge is -2.26. The summed E-state index contributed by atoms with van der Waals surface area (Å²) in [7, 11) is 2.24. The number of benzene rings is 2. The highest BCUT2D eigenvalue weighted by Gasteiger charge is 2.34. The van der Waals surface area contributed by atoms with Gasteiger partial charge in [0.1, 0.15) is 12.6 Å². The van der Waals surface area contributed by atoms with Crippen LogP contribution in [0.4, 0.5) is 10.5 Å². The molecule has 2 aromatic rings. The number of hydrogen-bond donors (Lipinski definition) is 3. The third kappa shape index (κ3) is 9.50. The van der Waals surface area contributed by atoms with Crippen LogP contribution < -0.4 is 10.6 Å². The van der Waals surface area contributed by atoms with Gasteiger partial charge in [-0.1, -0.05) is 42.5 Å². The van der Waals surface area contributed by atoms with Gasteiger partial charge >= 0.3 is 18.0 Å². The van der Waals surface area contributed by atoms with Gasteiger partial charge in [-0.05, 0) is 11.1 Å². The van der Waals surface area contributed by atoms with E-state index in [4.69, 9.17) is 14.2 Å². The van der Waals surface area contributed by atoms with Gasteiger partial charge in [0.2, 0.25) is 5.91 Å². The molecular formula is C25H29N3O10. The van der Waals surface area contributed by atoms with Gasteiger partial charge in [0.15, 0.2) is 0 Å². The zero-order valence-corrected chi connectivity index (χ0v) is 20.8. The van der Waals surface area contributed by atoms with Crippen molar-refractivity contribution in [3.05, 3.63) is 75.8 Å². The third-order valence-corrected chi connectivity index (χ3v) is 5.44. The Balaban J connectivity index is 2.03. The number of carbonyl (C=O) groups is 4. The number of rotatable bonds is 13. The SMILES string of the molecule is COC(=O)C[C@H](c1ccc([N+](=O)[O-])cc1)[C@@H](NC(=O)C[C@@H](O)CNC(=O)OCc1ccccc1)C(=O)OC. The summed E-state index contributed by atoms with van der Waals surface area (Å²) in [5.41, 5.74) is 0.896. The van der Waals surface area contributed by atoms with E-state index < -0.39 is 53.3 Å². The number of carbonyl (C=O) groups excluding carboxylic acids is 4. The fourth-order valence-corrected chi connectivity index (χ4v) is 3.48. The first-order chi connectivity index (χ1) is 18.1. The van der Waals surface area contributed by atoms with E-state index in [9.17, 15) is 34.4 Å². The van der Waals surface area contributed by atoms with Gasteiger partial charge < -0.3 is 30.0 Å². The summed E-state index contributed by atoms with van der Waals surface area (Å²) in [6, 6.07) is 12.7. The Morgan fingerprint density at radius 2 is 1.63 bits per heavy atom. The van der Waals surface area contributed by atoms with Crippen molar-refractivity contribution in [2.45, 2.75) is 37.5 Å². The molecular weight excluding hydrogens is 502 g/mol. The Kier molecular flexibility index (Phi) is 11.6. The summed E-state index contributed by atoms with van der Waals surface area (Å²) in [5.74, 6) is -3.36. The van der Waals surface area contributed by atoms with Crippen LogP contribution in [0.5, 0.6) is 0 Å². The summed E-state index contributed by atoms with van der Waals surface area (Å²) < 4.78 is 14.5. The molecule has 0 aliphatic carbocycles. The molecule has 0 bridgehead atoms. The average Bonchev–Trinajstić information content (AvgIpc) is 2.92. The summed E-state index contributed by atoms with van der Waals surface area (Å²) in [6.07, 6.45) is -2.98. The van der Waals surface area contributed by atoms with Gasteiger partial charge in [-0.25, -0.2) is 9.59 Å². The quantitative estimate of drug-likeness (QED) is 0.148. The molecule has 0 aromatic heterocycles. The molecule has 13 nitrogen and oxygen atoms in total. The molecule has 0 aliphatic heterocycles. The van der Waals surface area contributed by atoms with Gasteiger partial charge in [0.25, 0.3) is 5.69 Å². The average molecular weight is 532 g/mol. The second kappa shape index (κ2) is 14.9. The highest BCUT2D eigenvalue weighted by molar-refractivity contribution is 5.86. The number of aliphatic hydroxyl groups excluding tert-OH is 1. The normalized spacial score (nSPS) is 12.8. The van der Waals surface area contributed by atoms with E-state index in [1.54, 1.807) is 24.3 Å². The van der Waals surface area contributed by atoms with Crippen molar-refractivity contribution in [1.29, 1.82) is 0 Å². The summed E-state index contributed by atoms with van der Waals surface area (Å²) in [5, 5.41) is 26.0. The fourth-order valence-electron chi connectivity index (χ4n) is 3.48. The maximum Gasteiger partial charge on any atom is 0.407 e. The van der Waals surface area contributed by atoms with Crippen molar-refractivity contribution in [1.82, 2.24) is 10.6 Å². The van der Waals surface area contributed by atoms with Crippen LogP contribution in [0.25, 0.3) is 0 Å². The molecule has 38 heavy (non-hydrogen) atoms. The van der Waals surface area contributed by atoms with Gasteiger partial charge in [-0.15, -0.1) is 0 Å². The molecule has 3 atom stereocenters. The van der Waals surface area contributed by atoms with Gasteiger partial charge in [0, 0.05) is 24.6 Å². The molecule has 0 radical (unpaired) electrons. The van der Waals surface area contributed by atoms with Crippen LogP contribution in [-0.4, -0.2) is 66.9 Å². The molecule has 0 spiro atoms. The van der Waals surface area contributed by atoms with Crippen LogP contribution in [-0.2, 0) is 35.2 Å². The number of nitrogens with one attached hydrogen (secondary N) is 2. The maximum absolute atomic E-state index is 12.6. The first kappa shape index (κ1) is 29.7. The van der Waals surface area contributed by atoms with Gasteiger partial charge in [-0.2, -0.15) is 0 Å². The Hall–Kier alpha value is -4.52. The van der Waals surface area contributed by atoms with E-state index in [1.807, 2.05) is 6.07 Å². The number of nitro groups is 1. The molecule has 0 saturated heterocycles. The fraction of sp³-hybridized carbons (Fsp3) is 0.360. The topological polar surface area (TPSA) is 183 Å². The lowest BCUT2D eigenvalue weighted by Crippen LogP contribution is -2.47. The predicted molar refractivity (Wildman–Crippen MR) is 132 cm³/mol. The molecule has 0 aliphatic rings. The molecule has 3 N–H and O–H groups in total. The van der Waals surface area contributed by atoms with Gasteiger partial charge in [-0.3, -0.25) is 19.7 Å². The zero-order chi connectivity index (χ0) is 28.1. The maximum atomic E-state index is 12.6. The third-order valence-electron chi connectivity index (χ3n) is 5.44. The lowest BCUT2D eigenvalue weighted by atomic mass is 9.88. The van der Waals surface area contributed by atoms with E-state index in [0.717, 1.165) is 19.8 Å². The molecule has 204 valence electrons. The Bertz CT molecular complexity index is 1110. The molecule has 2 amide bonds. The molecule has 0 saturated carbocycles. The Morgan fingerprint density at radius 3 is 2.21 bits per heavy atom. The highest BCUT2D eigenvalue weighted by atomic mass is 16.6. The van der Waals surface area contributed by atoms with Crippen LogP contribution in [0, 0.1) is 10.1 Å². The van der Waals surface area contributed by atoms with Crippen molar-refractivity contribution in [2.75, 3.05) is 20.8 Å². The van der Waals surface area contributed by atoms with Crippen LogP contribution in [0.15, 0.2) is 54.6 Å². The smallest absolute Gasteiger partial charge is 0.407 e. The van der Waals surface area contributed by atoms with E-state index in [2.05, 4.69) is 10.6 Å². The van der Waals surface area contributed by atoms with E-state index in [0.29, 0.717) is 5.56 Å². The van der Waals surface area contributed by atoms with Crippen molar-refractivity contribution < 1.29 is 43.4 Å². The number of aliphatic hydroxyl groups is 1. The molecule has 2 aromatic carbocycles. The lowest BCUT2D eigenvalue weighted by molar-refractivity contribution is -0.384. The first-order valence-electron chi connectivity index (χ1n) is 11.5. The van der Waals surface area contributed by atoms with Crippen molar-refractivity contribution in [2.24, 2.45) is 0 Å². The number of ether oxygens (including phenoxy) is 3. The molecule has 0 heterocycles. The van der Waals surface area contributed by atoms with Crippen LogP contribution in [0.2, 0.25) is 0 Å². The second-order valence-corrected chi connectivity index (χ2v) is 8.10. The number of methoxy groups -OCH3 is 2. The molecule has 13 heteroatoms. The Labute approximate surface area is 218 Å². The minimum atomic E-state index is -1.39. The number of esters is 2. The highest BCUT2D eigenvalue weighted by Crippen LogP contribution is 2.27. The van der Waals surface area contributed by atoms with Crippen molar-refractivity contribution in [3.8, 4) is 0 Å². The minimum absolute atomic E-state index is 0.0221. The summed E-state index contributed by atoms with van der Waals surface area (Å²) >= 11 is 0. The monoisotopic (exact) mass is 531 g/mol. The van der Waals surface area contributed by atoms with Crippen molar-refractivity contribution in [3.63, 3.8) is 0 Å². The summed E-state index contributed by atoms with van der Waals surface area (Å²) in [4.78, 5) is 59.5. The first-order valence-corrected chi connectivity index (χ1v) is 11.5. The second-order valence-electron chi connectivity index (χ2n) is 8.10. The zero-order valence-electron chi connectivity index (χ0n) is 20.8. The minimum Gasteiger partial charge on any atom is -0.469 e. The number of alkyl carbamates (subject to hydrolysis) is 1. The Morgan fingerprint density at radius 1 is 0.974 bits per heavy atom. The van der Waals surface area contributed by atoms with E-state index >= 15 is 0 Å². The van der Waals surface area contributed by atoms with E-state index in [-0.39, 0.29) is 25.3 Å². The molecule has 2 rings (SSSR count). The largest absolute Gasteiger partial charge is 0.469 e. The van der Waals surface area contributed by atoms with Crippen molar-refractivity contribution >= 4 is 29.6 Å². The number of amides is 2. The number of nitro benzene ring substituents is 1. The molecule has 0 unspecified atom stereocenters. The standard InChI is InChI=1S/C25H29N3O10/c1-36-22(31)13-20(17-8-10-18(11-9-17)28(34)35)23(24(32)37-2)27-21(30)12-19(29)14-26-25(33)38-15-16-6-4-3-5-7-16/h3-11,19-20,23,29H,12-15H2,1-2H3,(H,26,33)(H,27,30)/t19-,20-,23-/m1/s1.